The van der Waals surface area contributed by atoms with E-state index in [4.69, 9.17) is 21.3 Å². The minimum Gasteiger partial charge on any atom is -0.493 e. The maximum Gasteiger partial charge on any atom is 0.227 e. The summed E-state index contributed by atoms with van der Waals surface area (Å²) in [4.78, 5) is 19.7. The van der Waals surface area contributed by atoms with Crippen molar-refractivity contribution < 1.29 is 9.53 Å². The molecule has 184 valence electrons. The molecule has 1 fully saturated rings. The molecule has 36 heavy (non-hydrogen) atoms. The van der Waals surface area contributed by atoms with Crippen LogP contribution in [-0.2, 0) is 17.8 Å². The van der Waals surface area contributed by atoms with Gasteiger partial charge in [0.15, 0.2) is 0 Å². The van der Waals surface area contributed by atoms with E-state index in [1.807, 2.05) is 71.6 Å². The number of allylic oxidation sites excluding steroid dienone is 1. The number of amides is 1. The highest BCUT2D eigenvalue weighted by Crippen LogP contribution is 2.34. The number of para-hydroxylation sites is 3. The molecule has 0 bridgehead atoms. The van der Waals surface area contributed by atoms with Gasteiger partial charge in [0.25, 0.3) is 0 Å². The molecule has 1 unspecified atom stereocenters. The smallest absolute Gasteiger partial charge is 0.227 e. The maximum atomic E-state index is 12.9. The minimum absolute atomic E-state index is 0.0333. The topological polar surface area (TPSA) is 47.4 Å². The van der Waals surface area contributed by atoms with Gasteiger partial charge in [0, 0.05) is 36.1 Å². The molecule has 1 aliphatic heterocycles. The van der Waals surface area contributed by atoms with E-state index in [0.29, 0.717) is 24.6 Å². The van der Waals surface area contributed by atoms with Gasteiger partial charge in [-0.25, -0.2) is 4.98 Å². The molecule has 5 nitrogen and oxygen atoms in total. The summed E-state index contributed by atoms with van der Waals surface area (Å²) in [7, 11) is 0. The number of aryl methyl sites for hydroxylation is 1. The van der Waals surface area contributed by atoms with E-state index in [2.05, 4.69) is 23.3 Å². The standard InChI is InChI=1S/C30H30ClN3O2/c1-2-10-22-11-3-6-16-28(22)36-18-8-7-17-33-27-15-5-4-14-26(27)32-30(33)23-19-29(35)34(21-23)25-13-9-12-24(31)20-25/h2-6,9,11-16,20,23H,1,7-8,10,17-19,21H2. The van der Waals surface area contributed by atoms with Crippen LogP contribution >= 0.6 is 11.6 Å². The predicted octanol–water partition coefficient (Wildman–Crippen LogP) is 6.80. The van der Waals surface area contributed by atoms with Crippen LogP contribution in [0.4, 0.5) is 5.69 Å². The third kappa shape index (κ3) is 5.17. The van der Waals surface area contributed by atoms with Crippen LogP contribution in [-0.4, -0.2) is 28.6 Å². The summed E-state index contributed by atoms with van der Waals surface area (Å²) in [6, 6.07) is 23.8. The fourth-order valence-electron chi connectivity index (χ4n) is 4.94. The van der Waals surface area contributed by atoms with Crippen molar-refractivity contribution in [1.82, 2.24) is 9.55 Å². The second kappa shape index (κ2) is 11.0. The van der Waals surface area contributed by atoms with Crippen LogP contribution in [0.3, 0.4) is 0 Å². The Kier molecular flexibility index (Phi) is 7.38. The van der Waals surface area contributed by atoms with Gasteiger partial charge in [-0.1, -0.05) is 54.1 Å². The van der Waals surface area contributed by atoms with Gasteiger partial charge in [0.05, 0.1) is 17.6 Å². The monoisotopic (exact) mass is 499 g/mol. The van der Waals surface area contributed by atoms with Gasteiger partial charge in [-0.2, -0.15) is 0 Å². The number of imidazole rings is 1. The van der Waals surface area contributed by atoms with Gasteiger partial charge in [-0.15, -0.1) is 6.58 Å². The Morgan fingerprint density at radius 2 is 1.89 bits per heavy atom. The van der Waals surface area contributed by atoms with Crippen LogP contribution < -0.4 is 9.64 Å². The SMILES string of the molecule is C=CCc1ccccc1OCCCCn1c(C2CC(=O)N(c3cccc(Cl)c3)C2)nc2ccccc21. The number of fused-ring (bicyclic) bond motifs is 1. The second-order valence-electron chi connectivity index (χ2n) is 9.15. The molecule has 2 heterocycles. The molecule has 4 aromatic rings. The summed E-state index contributed by atoms with van der Waals surface area (Å²) in [5.74, 6) is 2.04. The van der Waals surface area contributed by atoms with Crippen LogP contribution in [0.15, 0.2) is 85.5 Å². The molecule has 6 heteroatoms. The number of anilines is 1. The Balaban J connectivity index is 1.28. The normalized spacial score (nSPS) is 15.5. The number of halogens is 1. The third-order valence-corrected chi connectivity index (χ3v) is 6.90. The number of hydrogen-bond acceptors (Lipinski definition) is 3. The molecule has 0 saturated carbocycles. The van der Waals surface area contributed by atoms with Crippen LogP contribution in [0.1, 0.15) is 36.6 Å². The van der Waals surface area contributed by atoms with Crippen molar-refractivity contribution in [1.29, 1.82) is 0 Å². The molecule has 5 rings (SSSR count). The van der Waals surface area contributed by atoms with Crippen molar-refractivity contribution in [3.05, 3.63) is 102 Å². The van der Waals surface area contributed by atoms with Gasteiger partial charge >= 0.3 is 0 Å². The lowest BCUT2D eigenvalue weighted by atomic mass is 10.1. The van der Waals surface area contributed by atoms with Crippen molar-refractivity contribution in [2.75, 3.05) is 18.1 Å². The van der Waals surface area contributed by atoms with Gasteiger partial charge in [0.2, 0.25) is 5.91 Å². The van der Waals surface area contributed by atoms with E-state index >= 15 is 0 Å². The van der Waals surface area contributed by atoms with Crippen LogP contribution in [0, 0.1) is 0 Å². The van der Waals surface area contributed by atoms with E-state index in [1.54, 1.807) is 0 Å². The average Bonchev–Trinajstić information content (AvgIpc) is 3.45. The molecule has 1 saturated heterocycles. The highest BCUT2D eigenvalue weighted by Gasteiger charge is 2.34. The number of ether oxygens (including phenoxy) is 1. The Bertz CT molecular complexity index is 1380. The highest BCUT2D eigenvalue weighted by atomic mass is 35.5. The summed E-state index contributed by atoms with van der Waals surface area (Å²) in [6.45, 7) is 5.92. The lowest BCUT2D eigenvalue weighted by molar-refractivity contribution is -0.117. The summed E-state index contributed by atoms with van der Waals surface area (Å²) < 4.78 is 8.37. The number of aromatic nitrogens is 2. The Morgan fingerprint density at radius 1 is 1.06 bits per heavy atom. The highest BCUT2D eigenvalue weighted by molar-refractivity contribution is 6.30. The summed E-state index contributed by atoms with van der Waals surface area (Å²) in [5, 5.41) is 0.630. The molecular formula is C30H30ClN3O2. The van der Waals surface area contributed by atoms with Crippen molar-refractivity contribution in [2.24, 2.45) is 0 Å². The van der Waals surface area contributed by atoms with Crippen LogP contribution in [0.2, 0.25) is 5.02 Å². The number of rotatable bonds is 10. The minimum atomic E-state index is 0.0333. The lowest BCUT2D eigenvalue weighted by Gasteiger charge is -2.18. The first-order valence-corrected chi connectivity index (χ1v) is 12.8. The zero-order chi connectivity index (χ0) is 24.9. The fourth-order valence-corrected chi connectivity index (χ4v) is 5.12. The average molecular weight is 500 g/mol. The van der Waals surface area contributed by atoms with Gasteiger partial charge in [-0.05, 0) is 61.2 Å². The van der Waals surface area contributed by atoms with Crippen molar-refractivity contribution in [2.45, 2.75) is 38.1 Å². The lowest BCUT2D eigenvalue weighted by Crippen LogP contribution is -2.24. The second-order valence-corrected chi connectivity index (χ2v) is 9.59. The number of carbonyl (C=O) groups excluding carboxylic acids is 1. The third-order valence-electron chi connectivity index (χ3n) is 6.66. The summed E-state index contributed by atoms with van der Waals surface area (Å²) >= 11 is 6.18. The first kappa shape index (κ1) is 24.1. The zero-order valence-electron chi connectivity index (χ0n) is 20.3. The Hall–Kier alpha value is -3.57. The first-order valence-electron chi connectivity index (χ1n) is 12.5. The number of nitrogens with zero attached hydrogens (tertiary/aromatic N) is 3. The van der Waals surface area contributed by atoms with E-state index in [0.717, 1.165) is 59.7 Å². The van der Waals surface area contributed by atoms with Crippen molar-refractivity contribution in [3.8, 4) is 5.75 Å². The molecule has 0 spiro atoms. The molecule has 1 aromatic heterocycles. The van der Waals surface area contributed by atoms with E-state index in [-0.39, 0.29) is 11.8 Å². The van der Waals surface area contributed by atoms with Crippen molar-refractivity contribution in [3.63, 3.8) is 0 Å². The molecule has 0 N–H and O–H groups in total. The van der Waals surface area contributed by atoms with E-state index in [1.165, 1.54) is 0 Å². The molecular weight excluding hydrogens is 470 g/mol. The van der Waals surface area contributed by atoms with Gasteiger partial charge in [-0.3, -0.25) is 4.79 Å². The van der Waals surface area contributed by atoms with Gasteiger partial charge in [0.1, 0.15) is 11.6 Å². The molecule has 1 aliphatic rings. The van der Waals surface area contributed by atoms with Crippen LogP contribution in [0.25, 0.3) is 11.0 Å². The molecule has 0 radical (unpaired) electrons. The largest absolute Gasteiger partial charge is 0.493 e. The number of benzene rings is 3. The van der Waals surface area contributed by atoms with Gasteiger partial charge < -0.3 is 14.2 Å². The zero-order valence-corrected chi connectivity index (χ0v) is 21.0. The fraction of sp³-hybridized carbons (Fsp3) is 0.267. The van der Waals surface area contributed by atoms with E-state index in [9.17, 15) is 4.79 Å². The first-order chi connectivity index (χ1) is 17.6. The summed E-state index contributed by atoms with van der Waals surface area (Å²) in [6.07, 6.45) is 5.02. The number of hydrogen-bond donors (Lipinski definition) is 0. The quantitative estimate of drug-likeness (QED) is 0.178. The van der Waals surface area contributed by atoms with Crippen LogP contribution in [0.5, 0.6) is 5.75 Å². The number of carbonyl (C=O) groups is 1. The Labute approximate surface area is 217 Å². The number of unbranched alkanes of at least 4 members (excludes halogenated alkanes) is 1. The van der Waals surface area contributed by atoms with Crippen molar-refractivity contribution >= 4 is 34.2 Å². The molecule has 3 aromatic carbocycles. The molecule has 0 aliphatic carbocycles. The maximum absolute atomic E-state index is 12.9. The molecule has 1 atom stereocenters. The Morgan fingerprint density at radius 3 is 2.75 bits per heavy atom. The summed E-state index contributed by atoms with van der Waals surface area (Å²) in [5.41, 5.74) is 4.08. The predicted molar refractivity (Wildman–Crippen MR) is 146 cm³/mol. The molecule has 1 amide bonds. The van der Waals surface area contributed by atoms with E-state index < -0.39 is 0 Å².